The predicted octanol–water partition coefficient (Wildman–Crippen LogP) is 3.43. The van der Waals surface area contributed by atoms with Crippen LogP contribution in [0.15, 0.2) is 82.8 Å². The highest BCUT2D eigenvalue weighted by Gasteiger charge is 2.18. The van der Waals surface area contributed by atoms with E-state index < -0.39 is 20.9 Å². The molecule has 0 saturated carbocycles. The van der Waals surface area contributed by atoms with Crippen LogP contribution in [0.2, 0.25) is 0 Å². The van der Waals surface area contributed by atoms with Crippen molar-refractivity contribution in [2.45, 2.75) is 11.8 Å². The van der Waals surface area contributed by atoms with E-state index in [1.54, 1.807) is 30.3 Å². The maximum Gasteiger partial charge on any atom is 0.339 e. The fourth-order valence-electron chi connectivity index (χ4n) is 2.52. The highest BCUT2D eigenvalue weighted by molar-refractivity contribution is 7.87. The van der Waals surface area contributed by atoms with E-state index in [0.29, 0.717) is 5.56 Å². The number of carbonyl (C=O) groups excluding carboxylic acids is 1. The Morgan fingerprint density at radius 3 is 2.48 bits per heavy atom. The molecule has 10 heteroatoms. The molecule has 31 heavy (non-hydrogen) atoms. The van der Waals surface area contributed by atoms with E-state index in [-0.39, 0.29) is 21.9 Å². The summed E-state index contributed by atoms with van der Waals surface area (Å²) in [6.07, 6.45) is 1.22. The molecule has 0 heterocycles. The highest BCUT2D eigenvalue weighted by atomic mass is 32.2. The smallest absolute Gasteiger partial charge is 0.339 e. The van der Waals surface area contributed by atoms with Gasteiger partial charge in [0.05, 0.1) is 11.1 Å². The molecule has 9 nitrogen and oxygen atoms in total. The molecular weight excluding hydrogens is 422 g/mol. The van der Waals surface area contributed by atoms with Gasteiger partial charge in [-0.05, 0) is 37.3 Å². The molecule has 0 aliphatic rings. The molecule has 0 aromatic heterocycles. The van der Waals surface area contributed by atoms with Gasteiger partial charge < -0.3 is 4.18 Å². The second-order valence-electron chi connectivity index (χ2n) is 6.39. The second kappa shape index (κ2) is 9.18. The monoisotopic (exact) mass is 439 g/mol. The zero-order valence-electron chi connectivity index (χ0n) is 16.3. The Morgan fingerprint density at radius 1 is 1.06 bits per heavy atom. The first kappa shape index (κ1) is 21.7. The van der Waals surface area contributed by atoms with Crippen LogP contribution in [0.4, 0.5) is 5.69 Å². The number of benzene rings is 3. The first-order valence-corrected chi connectivity index (χ1v) is 10.3. The summed E-state index contributed by atoms with van der Waals surface area (Å²) < 4.78 is 30.3. The third-order valence-corrected chi connectivity index (χ3v) is 5.37. The molecule has 1 N–H and O–H groups in total. The van der Waals surface area contributed by atoms with Gasteiger partial charge in [-0.25, -0.2) is 5.43 Å². The topological polar surface area (TPSA) is 128 Å². The number of nitro benzene ring substituents is 1. The number of nitrogens with one attached hydrogen (secondary N) is 1. The quantitative estimate of drug-likeness (QED) is 0.260. The van der Waals surface area contributed by atoms with Crippen LogP contribution >= 0.6 is 0 Å². The van der Waals surface area contributed by atoms with Crippen LogP contribution in [-0.2, 0) is 10.1 Å². The third kappa shape index (κ3) is 5.52. The Kier molecular flexibility index (Phi) is 6.41. The molecule has 3 rings (SSSR count). The van der Waals surface area contributed by atoms with Gasteiger partial charge in [0.25, 0.3) is 11.6 Å². The van der Waals surface area contributed by atoms with Crippen LogP contribution in [0.25, 0.3) is 0 Å². The molecule has 0 bridgehead atoms. The average Bonchev–Trinajstić information content (AvgIpc) is 2.75. The molecule has 0 aliphatic heterocycles. The van der Waals surface area contributed by atoms with Crippen LogP contribution in [0.1, 0.15) is 21.5 Å². The average molecular weight is 439 g/mol. The standard InChI is InChI=1S/C21H17N3O6S/c1-15-9-11-19(12-10-15)31(28,29)30-20-8-3-2-5-17(20)14-22-23-21(25)16-6-4-7-18(13-16)24(26)27/h2-14H,1H3,(H,23,25). The number of para-hydroxylation sites is 1. The lowest BCUT2D eigenvalue weighted by Gasteiger charge is -2.09. The fourth-order valence-corrected chi connectivity index (χ4v) is 3.47. The predicted molar refractivity (Wildman–Crippen MR) is 114 cm³/mol. The molecule has 158 valence electrons. The second-order valence-corrected chi connectivity index (χ2v) is 7.94. The summed E-state index contributed by atoms with van der Waals surface area (Å²) in [6.45, 7) is 1.84. The van der Waals surface area contributed by atoms with Gasteiger partial charge in [0.2, 0.25) is 0 Å². The summed E-state index contributed by atoms with van der Waals surface area (Å²) in [4.78, 5) is 22.4. The van der Waals surface area contributed by atoms with E-state index in [1.165, 1.54) is 42.6 Å². The number of rotatable bonds is 7. The maximum atomic E-state index is 12.5. The van der Waals surface area contributed by atoms with Gasteiger partial charge in [-0.15, -0.1) is 0 Å². The van der Waals surface area contributed by atoms with Crippen molar-refractivity contribution in [2.24, 2.45) is 5.10 Å². The van der Waals surface area contributed by atoms with Crippen molar-refractivity contribution in [3.05, 3.63) is 99.6 Å². The van der Waals surface area contributed by atoms with Crippen molar-refractivity contribution in [3.63, 3.8) is 0 Å². The Morgan fingerprint density at radius 2 is 1.77 bits per heavy atom. The molecule has 0 unspecified atom stereocenters. The van der Waals surface area contributed by atoms with Crippen molar-refractivity contribution in [2.75, 3.05) is 0 Å². The van der Waals surface area contributed by atoms with Gasteiger partial charge in [-0.2, -0.15) is 13.5 Å². The molecule has 0 radical (unpaired) electrons. The number of amides is 1. The van der Waals surface area contributed by atoms with Gasteiger partial charge in [0.1, 0.15) is 4.90 Å². The van der Waals surface area contributed by atoms with Gasteiger partial charge in [0.15, 0.2) is 5.75 Å². The van der Waals surface area contributed by atoms with Gasteiger partial charge in [-0.1, -0.05) is 35.9 Å². The van der Waals surface area contributed by atoms with Crippen LogP contribution in [-0.4, -0.2) is 25.5 Å². The lowest BCUT2D eigenvalue weighted by atomic mass is 10.2. The zero-order valence-corrected chi connectivity index (χ0v) is 17.1. The number of hydrogen-bond acceptors (Lipinski definition) is 7. The summed E-state index contributed by atoms with van der Waals surface area (Å²) in [5.41, 5.74) is 3.28. The van der Waals surface area contributed by atoms with Crippen molar-refractivity contribution in [1.82, 2.24) is 5.43 Å². The first-order chi connectivity index (χ1) is 14.8. The summed E-state index contributed by atoms with van der Waals surface area (Å²) in [5, 5.41) is 14.6. The molecule has 0 saturated heterocycles. The molecule has 0 fully saturated rings. The molecule has 0 atom stereocenters. The Labute approximate surface area is 178 Å². The number of carbonyl (C=O) groups is 1. The zero-order chi connectivity index (χ0) is 22.4. The molecular formula is C21H17N3O6S. The number of nitrogens with zero attached hydrogens (tertiary/aromatic N) is 2. The lowest BCUT2D eigenvalue weighted by molar-refractivity contribution is -0.384. The van der Waals surface area contributed by atoms with Crippen LogP contribution in [0.5, 0.6) is 5.75 Å². The van der Waals surface area contributed by atoms with Crippen molar-refractivity contribution in [3.8, 4) is 5.75 Å². The van der Waals surface area contributed by atoms with Gasteiger partial charge >= 0.3 is 10.1 Å². The summed E-state index contributed by atoms with van der Waals surface area (Å²) >= 11 is 0. The number of aryl methyl sites for hydroxylation is 1. The van der Waals surface area contributed by atoms with E-state index in [1.807, 2.05) is 6.92 Å². The van der Waals surface area contributed by atoms with E-state index >= 15 is 0 Å². The third-order valence-electron chi connectivity index (χ3n) is 4.12. The molecule has 0 spiro atoms. The molecule has 0 aliphatic carbocycles. The summed E-state index contributed by atoms with van der Waals surface area (Å²) in [6, 6.07) is 17.6. The van der Waals surface area contributed by atoms with Crippen LogP contribution in [0, 0.1) is 17.0 Å². The van der Waals surface area contributed by atoms with Crippen LogP contribution in [0.3, 0.4) is 0 Å². The number of hydrogen-bond donors (Lipinski definition) is 1. The Hall–Kier alpha value is -4.05. The van der Waals surface area contributed by atoms with Crippen molar-refractivity contribution in [1.29, 1.82) is 0 Å². The summed E-state index contributed by atoms with van der Waals surface area (Å²) in [7, 11) is -4.06. The first-order valence-electron chi connectivity index (χ1n) is 8.94. The largest absolute Gasteiger partial charge is 0.378 e. The molecule has 3 aromatic carbocycles. The van der Waals surface area contributed by atoms with E-state index in [2.05, 4.69) is 10.5 Å². The lowest BCUT2D eigenvalue weighted by Crippen LogP contribution is -2.18. The maximum absolute atomic E-state index is 12.5. The molecule has 3 aromatic rings. The molecule has 1 amide bonds. The van der Waals surface area contributed by atoms with Gasteiger partial charge in [0, 0.05) is 23.3 Å². The van der Waals surface area contributed by atoms with Crippen LogP contribution < -0.4 is 9.61 Å². The minimum absolute atomic E-state index is 0.00353. The summed E-state index contributed by atoms with van der Waals surface area (Å²) in [5.74, 6) is -0.637. The normalized spacial score (nSPS) is 11.3. The highest BCUT2D eigenvalue weighted by Crippen LogP contribution is 2.22. The minimum atomic E-state index is -4.06. The Balaban J connectivity index is 1.75. The number of non-ortho nitro benzene ring substituents is 1. The Bertz CT molecular complexity index is 1250. The number of hydrazone groups is 1. The van der Waals surface area contributed by atoms with E-state index in [0.717, 1.165) is 11.6 Å². The van der Waals surface area contributed by atoms with Crippen molar-refractivity contribution >= 4 is 27.9 Å². The minimum Gasteiger partial charge on any atom is -0.378 e. The van der Waals surface area contributed by atoms with E-state index in [9.17, 15) is 23.3 Å². The number of nitro groups is 1. The van der Waals surface area contributed by atoms with Crippen molar-refractivity contribution < 1.29 is 22.3 Å². The van der Waals surface area contributed by atoms with Gasteiger partial charge in [-0.3, -0.25) is 14.9 Å². The fraction of sp³-hybridized carbons (Fsp3) is 0.0476. The SMILES string of the molecule is Cc1ccc(S(=O)(=O)Oc2ccccc2C=NNC(=O)c2cccc([N+](=O)[O-])c2)cc1. The van der Waals surface area contributed by atoms with E-state index in [4.69, 9.17) is 4.18 Å².